The number of nitrogens with zero attached hydrogens (tertiary/aromatic N) is 4. The molecule has 4 rings (SSSR count). The molecule has 0 spiro atoms. The lowest BCUT2D eigenvalue weighted by molar-refractivity contribution is 0.415. The van der Waals surface area contributed by atoms with E-state index >= 15 is 0 Å². The number of aromatic nitrogens is 4. The van der Waals surface area contributed by atoms with E-state index in [4.69, 9.17) is 4.74 Å². The van der Waals surface area contributed by atoms with Crippen LogP contribution < -0.4 is 4.74 Å². The predicted octanol–water partition coefficient (Wildman–Crippen LogP) is 3.01. The summed E-state index contributed by atoms with van der Waals surface area (Å²) in [5.41, 5.74) is 2.26. The van der Waals surface area contributed by atoms with Crippen molar-refractivity contribution < 1.29 is 13.2 Å². The predicted molar refractivity (Wildman–Crippen MR) is 106 cm³/mol. The number of imidazole rings is 1. The highest BCUT2D eigenvalue weighted by molar-refractivity contribution is 7.90. The molecule has 2 aromatic heterocycles. The van der Waals surface area contributed by atoms with E-state index in [2.05, 4.69) is 15.0 Å². The summed E-state index contributed by atoms with van der Waals surface area (Å²) in [6.45, 7) is 0. The van der Waals surface area contributed by atoms with Crippen LogP contribution in [0.3, 0.4) is 0 Å². The molecule has 0 atom stereocenters. The average molecular weight is 394 g/mol. The number of fused-ring (bicyclic) bond motifs is 1. The number of sulfone groups is 1. The first-order chi connectivity index (χ1) is 13.5. The van der Waals surface area contributed by atoms with Crippen LogP contribution in [0.1, 0.15) is 5.56 Å². The smallest absolute Gasteiger partial charge is 0.202 e. The fraction of sp³-hybridized carbons (Fsp3) is 0.150. The van der Waals surface area contributed by atoms with Crippen LogP contribution in [0.2, 0.25) is 0 Å². The second-order valence-electron chi connectivity index (χ2n) is 6.32. The monoisotopic (exact) mass is 394 g/mol. The van der Waals surface area contributed by atoms with Crippen molar-refractivity contribution >= 4 is 21.0 Å². The van der Waals surface area contributed by atoms with E-state index in [1.807, 2.05) is 42.5 Å². The van der Waals surface area contributed by atoms with Gasteiger partial charge >= 0.3 is 0 Å². The molecule has 0 radical (unpaired) electrons. The maximum Gasteiger partial charge on any atom is 0.202 e. The van der Waals surface area contributed by atoms with Crippen molar-refractivity contribution in [3.8, 4) is 17.1 Å². The number of aryl methyl sites for hydroxylation is 1. The molecule has 0 saturated carbocycles. The lowest BCUT2D eigenvalue weighted by Gasteiger charge is -2.07. The van der Waals surface area contributed by atoms with E-state index in [-0.39, 0.29) is 10.8 Å². The highest BCUT2D eigenvalue weighted by atomic mass is 32.2. The van der Waals surface area contributed by atoms with Gasteiger partial charge in [-0.2, -0.15) is 0 Å². The van der Waals surface area contributed by atoms with Crippen LogP contribution in [-0.2, 0) is 22.6 Å². The summed E-state index contributed by atoms with van der Waals surface area (Å²) in [5, 5.41) is -0.0175. The van der Waals surface area contributed by atoms with E-state index in [1.165, 1.54) is 6.33 Å². The molecule has 0 aliphatic heterocycles. The number of benzene rings is 2. The summed E-state index contributed by atoms with van der Waals surface area (Å²) >= 11 is 0. The Morgan fingerprint density at radius 2 is 1.71 bits per heavy atom. The maximum atomic E-state index is 13.0. The third-order valence-electron chi connectivity index (χ3n) is 4.48. The Balaban J connectivity index is 1.83. The van der Waals surface area contributed by atoms with Crippen molar-refractivity contribution in [1.82, 2.24) is 19.5 Å². The molecule has 4 aromatic rings. The summed E-state index contributed by atoms with van der Waals surface area (Å²) in [6.07, 6.45) is 1.24. The summed E-state index contributed by atoms with van der Waals surface area (Å²) in [6, 6.07) is 16.4. The Hall–Kier alpha value is -3.26. The van der Waals surface area contributed by atoms with E-state index < -0.39 is 9.84 Å². The second-order valence-corrected chi connectivity index (χ2v) is 8.22. The van der Waals surface area contributed by atoms with E-state index in [0.717, 1.165) is 11.3 Å². The minimum Gasteiger partial charge on any atom is -0.497 e. The number of ether oxygens (including phenoxy) is 1. The first kappa shape index (κ1) is 18.1. The maximum absolute atomic E-state index is 13.0. The third-order valence-corrected chi connectivity index (χ3v) is 6.08. The second kappa shape index (κ2) is 7.05. The van der Waals surface area contributed by atoms with Crippen molar-refractivity contribution in [3.63, 3.8) is 0 Å². The Bertz CT molecular complexity index is 1230. The highest BCUT2D eigenvalue weighted by Gasteiger charge is 2.25. The van der Waals surface area contributed by atoms with Crippen molar-refractivity contribution in [2.45, 2.75) is 10.8 Å². The molecule has 8 heteroatoms. The molecule has 7 nitrogen and oxygen atoms in total. The number of hydrogen-bond donors (Lipinski definition) is 0. The van der Waals surface area contributed by atoms with Gasteiger partial charge in [0.1, 0.15) is 23.4 Å². The van der Waals surface area contributed by atoms with Gasteiger partial charge in [0.25, 0.3) is 0 Å². The van der Waals surface area contributed by atoms with Crippen molar-refractivity contribution in [2.24, 2.45) is 7.05 Å². The lowest BCUT2D eigenvalue weighted by Crippen LogP contribution is -2.10. The summed E-state index contributed by atoms with van der Waals surface area (Å²) in [4.78, 5) is 12.8. The van der Waals surface area contributed by atoms with E-state index in [0.29, 0.717) is 22.6 Å². The van der Waals surface area contributed by atoms with Crippen molar-refractivity contribution in [3.05, 3.63) is 66.5 Å². The first-order valence-corrected chi connectivity index (χ1v) is 10.2. The molecule has 0 aliphatic carbocycles. The fourth-order valence-electron chi connectivity index (χ4n) is 3.10. The van der Waals surface area contributed by atoms with Crippen molar-refractivity contribution in [1.29, 1.82) is 0 Å². The fourth-order valence-corrected chi connectivity index (χ4v) is 4.60. The van der Waals surface area contributed by atoms with Crippen LogP contribution in [0.25, 0.3) is 22.6 Å². The molecule has 2 aromatic carbocycles. The summed E-state index contributed by atoms with van der Waals surface area (Å²) in [7, 11) is -0.309. The summed E-state index contributed by atoms with van der Waals surface area (Å²) in [5.74, 6) is 1.20. The number of hydrogen-bond acceptors (Lipinski definition) is 6. The molecule has 28 heavy (non-hydrogen) atoms. The first-order valence-electron chi connectivity index (χ1n) is 8.58. The summed E-state index contributed by atoms with van der Waals surface area (Å²) < 4.78 is 33.0. The van der Waals surface area contributed by atoms with Gasteiger partial charge in [0.2, 0.25) is 9.84 Å². The quantitative estimate of drug-likeness (QED) is 0.484. The van der Waals surface area contributed by atoms with Crippen LogP contribution in [-0.4, -0.2) is 35.0 Å². The molecule has 0 amide bonds. The van der Waals surface area contributed by atoms with Gasteiger partial charge in [-0.25, -0.2) is 23.4 Å². The molecular weight excluding hydrogens is 376 g/mol. The number of rotatable bonds is 5. The van der Waals surface area contributed by atoms with Crippen LogP contribution in [0.5, 0.6) is 5.75 Å². The highest BCUT2D eigenvalue weighted by Crippen LogP contribution is 2.28. The van der Waals surface area contributed by atoms with E-state index in [9.17, 15) is 8.42 Å². The molecule has 0 saturated heterocycles. The zero-order chi connectivity index (χ0) is 19.7. The van der Waals surface area contributed by atoms with Gasteiger partial charge in [0.15, 0.2) is 10.7 Å². The minimum absolute atomic E-state index is 0.0175. The van der Waals surface area contributed by atoms with Gasteiger partial charge in [-0.05, 0) is 29.8 Å². The Kier molecular flexibility index (Phi) is 4.56. The Labute approximate surface area is 162 Å². The molecule has 0 bridgehead atoms. The number of methoxy groups -OCH3 is 1. The standard InChI is InChI=1S/C20H18N4O3S/c1-24-17-18(23-19(24)15-8-10-16(27-2)11-9-15)21-13-22-20(17)28(25,26)12-14-6-4-3-5-7-14/h3-11,13H,12H2,1-2H3. The Morgan fingerprint density at radius 1 is 1.00 bits per heavy atom. The molecular formula is C20H18N4O3S. The van der Waals surface area contributed by atoms with Gasteiger partial charge in [-0.3, -0.25) is 0 Å². The average Bonchev–Trinajstić information content (AvgIpc) is 3.05. The van der Waals surface area contributed by atoms with Gasteiger partial charge in [-0.15, -0.1) is 0 Å². The van der Waals surface area contributed by atoms with Gasteiger partial charge in [0.05, 0.1) is 12.9 Å². The Morgan fingerprint density at radius 3 is 2.39 bits per heavy atom. The topological polar surface area (TPSA) is 87.0 Å². The zero-order valence-electron chi connectivity index (χ0n) is 15.4. The normalized spacial score (nSPS) is 11.6. The van der Waals surface area contributed by atoms with E-state index in [1.54, 1.807) is 30.9 Å². The molecule has 2 heterocycles. The van der Waals surface area contributed by atoms with Crippen LogP contribution in [0.15, 0.2) is 66.0 Å². The largest absolute Gasteiger partial charge is 0.497 e. The SMILES string of the molecule is COc1ccc(-c2nc3ncnc(S(=O)(=O)Cc4ccccc4)c3n2C)cc1. The van der Waals surface area contributed by atoms with Crippen LogP contribution in [0.4, 0.5) is 0 Å². The molecule has 0 fully saturated rings. The van der Waals surface area contributed by atoms with Gasteiger partial charge in [-0.1, -0.05) is 30.3 Å². The lowest BCUT2D eigenvalue weighted by atomic mass is 10.2. The molecule has 142 valence electrons. The molecule has 0 aliphatic rings. The van der Waals surface area contributed by atoms with Gasteiger partial charge < -0.3 is 9.30 Å². The zero-order valence-corrected chi connectivity index (χ0v) is 16.2. The molecule has 0 N–H and O–H groups in total. The minimum atomic E-state index is -3.67. The van der Waals surface area contributed by atoms with Crippen LogP contribution >= 0.6 is 0 Å². The van der Waals surface area contributed by atoms with Crippen LogP contribution in [0, 0.1) is 0 Å². The van der Waals surface area contributed by atoms with Gasteiger partial charge in [0, 0.05) is 12.6 Å². The third kappa shape index (κ3) is 3.22. The molecule has 0 unspecified atom stereocenters. The van der Waals surface area contributed by atoms with Crippen molar-refractivity contribution in [2.75, 3.05) is 7.11 Å².